The smallest absolute Gasteiger partial charge is 0.0647 e. The average Bonchev–Trinajstić information content (AvgIpc) is 2.79. The highest BCUT2D eigenvalue weighted by Gasteiger charge is 2.12. The first-order valence-electron chi connectivity index (χ1n) is 5.60. The molecule has 0 radical (unpaired) electrons. The van der Waals surface area contributed by atoms with Crippen LogP contribution in [0.15, 0.2) is 45.8 Å². The first kappa shape index (κ1) is 14.1. The summed E-state index contributed by atoms with van der Waals surface area (Å²) in [6.45, 7) is 2.11. The van der Waals surface area contributed by atoms with Crippen LogP contribution in [0.1, 0.15) is 15.8 Å². The maximum Gasteiger partial charge on any atom is 0.0647 e. The average molecular weight is 343 g/mol. The van der Waals surface area contributed by atoms with Crippen molar-refractivity contribution in [3.05, 3.63) is 50.6 Å². The van der Waals surface area contributed by atoms with Gasteiger partial charge in [-0.2, -0.15) is 0 Å². The molecule has 1 aromatic heterocycles. The van der Waals surface area contributed by atoms with E-state index >= 15 is 0 Å². The second-order valence-electron chi connectivity index (χ2n) is 3.93. The molecule has 1 aromatic carbocycles. The van der Waals surface area contributed by atoms with Gasteiger partial charge in [0.05, 0.1) is 6.04 Å². The molecule has 0 aliphatic heterocycles. The van der Waals surface area contributed by atoms with Gasteiger partial charge in [0.15, 0.2) is 0 Å². The van der Waals surface area contributed by atoms with Gasteiger partial charge in [-0.25, -0.2) is 0 Å². The predicted octanol–water partition coefficient (Wildman–Crippen LogP) is 4.12. The molecule has 0 amide bonds. The summed E-state index contributed by atoms with van der Waals surface area (Å²) in [5.41, 5.74) is 2.89. The Labute approximate surface area is 124 Å². The highest BCUT2D eigenvalue weighted by Crippen LogP contribution is 2.28. The number of thioether (sulfide) groups is 1. The van der Waals surface area contributed by atoms with E-state index in [1.54, 1.807) is 11.3 Å². The Bertz CT molecular complexity index is 496. The molecule has 0 aliphatic rings. The molecule has 0 spiro atoms. The van der Waals surface area contributed by atoms with Crippen LogP contribution in [0.2, 0.25) is 0 Å². The number of benzene rings is 1. The van der Waals surface area contributed by atoms with Crippen molar-refractivity contribution in [2.75, 3.05) is 5.75 Å². The molecule has 18 heavy (non-hydrogen) atoms. The number of hydrazine groups is 1. The van der Waals surface area contributed by atoms with Gasteiger partial charge in [-0.15, -0.1) is 23.1 Å². The molecule has 1 heterocycles. The van der Waals surface area contributed by atoms with Crippen molar-refractivity contribution in [1.29, 1.82) is 0 Å². The largest absolute Gasteiger partial charge is 0.271 e. The minimum atomic E-state index is 0.206. The molecule has 96 valence electrons. The third kappa shape index (κ3) is 3.83. The van der Waals surface area contributed by atoms with Crippen LogP contribution in [-0.2, 0) is 0 Å². The third-order valence-corrected chi connectivity index (χ3v) is 5.28. The van der Waals surface area contributed by atoms with Crippen LogP contribution in [0.25, 0.3) is 0 Å². The van der Waals surface area contributed by atoms with Gasteiger partial charge in [0.2, 0.25) is 0 Å². The lowest BCUT2D eigenvalue weighted by atomic mass is 10.3. The van der Waals surface area contributed by atoms with Crippen molar-refractivity contribution in [3.8, 4) is 0 Å². The van der Waals surface area contributed by atoms with Crippen LogP contribution >= 0.6 is 39.0 Å². The van der Waals surface area contributed by atoms with Gasteiger partial charge in [-0.1, -0.05) is 15.9 Å². The number of nitrogens with one attached hydrogen (secondary N) is 1. The standard InChI is InChI=1S/C13H15BrN2S2/c1-9-2-7-13(18-9)12(16-15)8-17-11-5-3-10(14)4-6-11/h2-7,12,16H,8,15H2,1H3. The summed E-state index contributed by atoms with van der Waals surface area (Å²) in [5.74, 6) is 6.57. The van der Waals surface area contributed by atoms with Crippen molar-refractivity contribution >= 4 is 39.0 Å². The highest BCUT2D eigenvalue weighted by atomic mass is 79.9. The highest BCUT2D eigenvalue weighted by molar-refractivity contribution is 9.10. The van der Waals surface area contributed by atoms with Crippen LogP contribution < -0.4 is 11.3 Å². The van der Waals surface area contributed by atoms with Crippen molar-refractivity contribution in [2.24, 2.45) is 5.84 Å². The monoisotopic (exact) mass is 342 g/mol. The number of halogens is 1. The molecule has 0 aliphatic carbocycles. The Balaban J connectivity index is 1.97. The van der Waals surface area contributed by atoms with Gasteiger partial charge in [-0.05, 0) is 43.3 Å². The number of hydrogen-bond donors (Lipinski definition) is 2. The third-order valence-electron chi connectivity index (χ3n) is 2.54. The topological polar surface area (TPSA) is 38.0 Å². The van der Waals surface area contributed by atoms with Crippen molar-refractivity contribution in [1.82, 2.24) is 5.43 Å². The fraction of sp³-hybridized carbons (Fsp3) is 0.231. The second-order valence-corrected chi connectivity index (χ2v) is 7.26. The molecule has 1 atom stereocenters. The van der Waals surface area contributed by atoms with Crippen LogP contribution in [0, 0.1) is 6.92 Å². The molecule has 0 bridgehead atoms. The van der Waals surface area contributed by atoms with Crippen molar-refractivity contribution < 1.29 is 0 Å². The lowest BCUT2D eigenvalue weighted by Crippen LogP contribution is -2.29. The van der Waals surface area contributed by atoms with E-state index in [9.17, 15) is 0 Å². The molecule has 1 unspecified atom stereocenters. The second kappa shape index (κ2) is 6.73. The number of aryl methyl sites for hydroxylation is 1. The Kier molecular flexibility index (Phi) is 5.26. The summed E-state index contributed by atoms with van der Waals surface area (Å²) < 4.78 is 1.11. The summed E-state index contributed by atoms with van der Waals surface area (Å²) in [6.07, 6.45) is 0. The van der Waals surface area contributed by atoms with Crippen LogP contribution in [0.5, 0.6) is 0 Å². The van der Waals surface area contributed by atoms with Crippen LogP contribution in [-0.4, -0.2) is 5.75 Å². The Morgan fingerprint density at radius 3 is 2.56 bits per heavy atom. The van der Waals surface area contributed by atoms with Gasteiger partial charge < -0.3 is 0 Å². The molecule has 3 N–H and O–H groups in total. The van der Waals surface area contributed by atoms with Crippen LogP contribution in [0.4, 0.5) is 0 Å². The summed E-state index contributed by atoms with van der Waals surface area (Å²) in [6, 6.07) is 12.8. The van der Waals surface area contributed by atoms with E-state index < -0.39 is 0 Å². The zero-order valence-corrected chi connectivity index (χ0v) is 13.2. The molecule has 2 nitrogen and oxygen atoms in total. The summed E-state index contributed by atoms with van der Waals surface area (Å²) in [7, 11) is 0. The summed E-state index contributed by atoms with van der Waals surface area (Å²) >= 11 is 7.04. The van der Waals surface area contributed by atoms with Gasteiger partial charge in [0.1, 0.15) is 0 Å². The number of rotatable bonds is 5. The molecule has 2 rings (SSSR count). The number of thiophene rings is 1. The summed E-state index contributed by atoms with van der Waals surface area (Å²) in [5, 5.41) is 0. The molecule has 0 saturated heterocycles. The molecular formula is C13H15BrN2S2. The van der Waals surface area contributed by atoms with E-state index in [0.717, 1.165) is 10.2 Å². The lowest BCUT2D eigenvalue weighted by molar-refractivity contribution is 0.620. The van der Waals surface area contributed by atoms with E-state index in [1.807, 2.05) is 11.8 Å². The predicted molar refractivity (Wildman–Crippen MR) is 84.0 cm³/mol. The molecule has 0 fully saturated rings. The zero-order chi connectivity index (χ0) is 13.0. The van der Waals surface area contributed by atoms with Crippen molar-refractivity contribution in [2.45, 2.75) is 17.9 Å². The Morgan fingerprint density at radius 2 is 2.00 bits per heavy atom. The number of nitrogens with two attached hydrogens (primary N) is 1. The summed E-state index contributed by atoms with van der Waals surface area (Å²) in [4.78, 5) is 3.87. The molecule has 0 saturated carbocycles. The van der Waals surface area contributed by atoms with E-state index in [-0.39, 0.29) is 6.04 Å². The minimum absolute atomic E-state index is 0.206. The molecular weight excluding hydrogens is 328 g/mol. The zero-order valence-electron chi connectivity index (χ0n) is 10.0. The maximum absolute atomic E-state index is 5.64. The Morgan fingerprint density at radius 1 is 1.28 bits per heavy atom. The van der Waals surface area contributed by atoms with Gasteiger partial charge >= 0.3 is 0 Å². The molecule has 5 heteroatoms. The van der Waals surface area contributed by atoms with E-state index in [4.69, 9.17) is 5.84 Å². The van der Waals surface area contributed by atoms with E-state index in [0.29, 0.717) is 0 Å². The number of hydrogen-bond acceptors (Lipinski definition) is 4. The van der Waals surface area contributed by atoms with Gasteiger partial charge in [0.25, 0.3) is 0 Å². The fourth-order valence-corrected chi connectivity index (χ4v) is 3.83. The molecule has 2 aromatic rings. The van der Waals surface area contributed by atoms with Gasteiger partial charge in [-0.3, -0.25) is 11.3 Å². The quantitative estimate of drug-likeness (QED) is 0.487. The van der Waals surface area contributed by atoms with Crippen molar-refractivity contribution in [3.63, 3.8) is 0 Å². The fourth-order valence-electron chi connectivity index (χ4n) is 1.56. The first-order valence-corrected chi connectivity index (χ1v) is 8.19. The first-order chi connectivity index (χ1) is 8.69. The van der Waals surface area contributed by atoms with Crippen LogP contribution in [0.3, 0.4) is 0 Å². The lowest BCUT2D eigenvalue weighted by Gasteiger charge is -2.13. The maximum atomic E-state index is 5.64. The van der Waals surface area contributed by atoms with Gasteiger partial charge in [0, 0.05) is 24.9 Å². The SMILES string of the molecule is Cc1ccc(C(CSc2ccc(Br)cc2)NN)s1. The Hall–Kier alpha value is -0.330. The normalized spacial score (nSPS) is 12.6. The van der Waals surface area contributed by atoms with E-state index in [1.165, 1.54) is 14.6 Å². The minimum Gasteiger partial charge on any atom is -0.271 e. The van der Waals surface area contributed by atoms with E-state index in [2.05, 4.69) is 64.7 Å².